The van der Waals surface area contributed by atoms with Crippen molar-refractivity contribution >= 4 is 16.8 Å². The molecule has 0 amide bonds. The van der Waals surface area contributed by atoms with Gasteiger partial charge < -0.3 is 4.74 Å². The van der Waals surface area contributed by atoms with E-state index in [1.807, 2.05) is 32.3 Å². The molecule has 0 atom stereocenters. The average molecular weight is 533 g/mol. The number of nitrogens with zero attached hydrogens (tertiary/aromatic N) is 3. The van der Waals surface area contributed by atoms with Crippen molar-refractivity contribution in [3.63, 3.8) is 0 Å². The number of allylic oxidation sites excluding steroid dienone is 2. The first-order valence-corrected chi connectivity index (χ1v) is 12.4. The normalized spacial score (nSPS) is 13.2. The number of benzene rings is 1. The molecule has 1 aromatic heterocycles. The number of rotatable bonds is 6. The maximum absolute atomic E-state index is 12.2. The Hall–Kier alpha value is -3.53. The minimum atomic E-state index is -4.47. The summed E-state index contributed by atoms with van der Waals surface area (Å²) in [5.74, 6) is 1.72. The minimum absolute atomic E-state index is 0.0277. The number of aromatic nitrogens is 1. The third-order valence-electron chi connectivity index (χ3n) is 5.64. The van der Waals surface area contributed by atoms with E-state index in [0.717, 1.165) is 17.0 Å². The van der Waals surface area contributed by atoms with E-state index < -0.39 is 12.7 Å². The molecule has 0 radical (unpaired) electrons. The standard InChI is InChI=1S/C19H19F3N4O2.C6H12.C2H6.C2H2/c1-12-8-15(28-3)5-6-16(12)17(9-23)13(2)18-7-4-14(10-24-18)26(27)25-11-19(20,21)22;1-6-4-2-3-5-6;2*1-2/h4-8,10,25,27H,11H2,1-3H3;6H,2-5H2,1H3;1-2H3;1-2H/b17-13+;;;. The van der Waals surface area contributed by atoms with Crippen LogP contribution >= 0.6 is 0 Å². The Morgan fingerprint density at radius 3 is 2.21 bits per heavy atom. The summed E-state index contributed by atoms with van der Waals surface area (Å²) in [5, 5.41) is 19.5. The van der Waals surface area contributed by atoms with Crippen molar-refractivity contribution in [3.05, 3.63) is 53.3 Å². The number of hydrogen-bond acceptors (Lipinski definition) is 6. The summed E-state index contributed by atoms with van der Waals surface area (Å²) in [7, 11) is 1.56. The van der Waals surface area contributed by atoms with E-state index in [2.05, 4.69) is 30.8 Å². The fourth-order valence-corrected chi connectivity index (χ4v) is 3.64. The molecule has 6 nitrogen and oxygen atoms in total. The van der Waals surface area contributed by atoms with Gasteiger partial charge in [-0.25, -0.2) is 5.43 Å². The van der Waals surface area contributed by atoms with Crippen molar-refractivity contribution in [2.75, 3.05) is 18.8 Å². The second-order valence-corrected chi connectivity index (χ2v) is 8.35. The van der Waals surface area contributed by atoms with Gasteiger partial charge in [-0.3, -0.25) is 10.2 Å². The summed E-state index contributed by atoms with van der Waals surface area (Å²) in [6, 6.07) is 10.4. The van der Waals surface area contributed by atoms with Gasteiger partial charge in [-0.05, 0) is 66.8 Å². The Balaban J connectivity index is 0.00000116. The molecule has 1 saturated carbocycles. The largest absolute Gasteiger partial charge is 0.497 e. The zero-order chi connectivity index (χ0) is 29.3. The highest BCUT2D eigenvalue weighted by molar-refractivity contribution is 5.96. The van der Waals surface area contributed by atoms with Gasteiger partial charge in [0.2, 0.25) is 0 Å². The van der Waals surface area contributed by atoms with Gasteiger partial charge in [0, 0.05) is 0 Å². The number of ether oxygens (including phenoxy) is 1. The van der Waals surface area contributed by atoms with E-state index in [1.54, 1.807) is 26.2 Å². The van der Waals surface area contributed by atoms with Gasteiger partial charge in [0.25, 0.3) is 0 Å². The molecule has 0 saturated heterocycles. The molecule has 0 aliphatic heterocycles. The molecule has 0 spiro atoms. The molecule has 3 rings (SSSR count). The number of alkyl halides is 3. The first-order chi connectivity index (χ1) is 18.1. The smallest absolute Gasteiger partial charge is 0.402 e. The highest BCUT2D eigenvalue weighted by Gasteiger charge is 2.27. The Morgan fingerprint density at radius 1 is 1.21 bits per heavy atom. The highest BCUT2D eigenvalue weighted by Crippen LogP contribution is 2.29. The predicted molar refractivity (Wildman–Crippen MR) is 147 cm³/mol. The fraction of sp³-hybridized carbons (Fsp3) is 0.448. The van der Waals surface area contributed by atoms with Crippen molar-refractivity contribution < 1.29 is 23.1 Å². The summed E-state index contributed by atoms with van der Waals surface area (Å²) < 4.78 is 41.8. The van der Waals surface area contributed by atoms with Crippen LogP contribution < -0.4 is 15.3 Å². The zero-order valence-electron chi connectivity index (χ0n) is 23.1. The summed E-state index contributed by atoms with van der Waals surface area (Å²) in [6.07, 6.45) is 10.7. The summed E-state index contributed by atoms with van der Waals surface area (Å²) in [5.41, 5.74) is 4.88. The van der Waals surface area contributed by atoms with Gasteiger partial charge in [-0.1, -0.05) is 46.5 Å². The van der Waals surface area contributed by atoms with E-state index in [9.17, 15) is 23.6 Å². The van der Waals surface area contributed by atoms with Crippen molar-refractivity contribution in [1.82, 2.24) is 10.4 Å². The minimum Gasteiger partial charge on any atom is -0.497 e. The monoisotopic (exact) mass is 532 g/mol. The number of hydrogen-bond donors (Lipinski definition) is 2. The highest BCUT2D eigenvalue weighted by atomic mass is 19.4. The van der Waals surface area contributed by atoms with Gasteiger partial charge >= 0.3 is 6.18 Å². The van der Waals surface area contributed by atoms with E-state index in [4.69, 9.17) is 4.74 Å². The molecule has 0 unspecified atom stereocenters. The quantitative estimate of drug-likeness (QED) is 0.227. The Kier molecular flexibility index (Phi) is 16.2. The number of hydrazine groups is 1. The van der Waals surface area contributed by atoms with Crippen LogP contribution in [0.5, 0.6) is 5.75 Å². The first-order valence-electron chi connectivity index (χ1n) is 12.4. The predicted octanol–water partition coefficient (Wildman–Crippen LogP) is 7.59. The van der Waals surface area contributed by atoms with Gasteiger partial charge in [0.1, 0.15) is 24.1 Å². The maximum Gasteiger partial charge on any atom is 0.402 e. The number of nitriles is 1. The third-order valence-corrected chi connectivity index (χ3v) is 5.64. The number of terminal acetylenes is 1. The van der Waals surface area contributed by atoms with Crippen LogP contribution in [0.3, 0.4) is 0 Å². The van der Waals surface area contributed by atoms with Gasteiger partial charge in [0.15, 0.2) is 0 Å². The van der Waals surface area contributed by atoms with Crippen LogP contribution in [0.4, 0.5) is 18.9 Å². The summed E-state index contributed by atoms with van der Waals surface area (Å²) in [6.45, 7) is 8.53. The molecule has 208 valence electrons. The Bertz CT molecular complexity index is 1050. The maximum atomic E-state index is 12.2. The summed E-state index contributed by atoms with van der Waals surface area (Å²) in [4.78, 5) is 4.15. The Morgan fingerprint density at radius 2 is 1.82 bits per heavy atom. The lowest BCUT2D eigenvalue weighted by Crippen LogP contribution is -2.41. The molecule has 2 aromatic rings. The molecule has 1 aliphatic rings. The Labute approximate surface area is 225 Å². The molecule has 0 bridgehead atoms. The number of aryl methyl sites for hydroxylation is 1. The molecular formula is C29H39F3N4O2. The van der Waals surface area contributed by atoms with Crippen LogP contribution in [0.1, 0.15) is 70.2 Å². The van der Waals surface area contributed by atoms with Gasteiger partial charge in [-0.15, -0.1) is 12.8 Å². The number of halogens is 3. The molecular weight excluding hydrogens is 493 g/mol. The van der Waals surface area contributed by atoms with Crippen molar-refractivity contribution in [2.24, 2.45) is 5.92 Å². The molecule has 2 N–H and O–H groups in total. The lowest BCUT2D eigenvalue weighted by atomic mass is 9.95. The molecule has 1 aliphatic carbocycles. The second-order valence-electron chi connectivity index (χ2n) is 8.35. The van der Waals surface area contributed by atoms with Crippen molar-refractivity contribution in [3.8, 4) is 24.7 Å². The number of methoxy groups -OCH3 is 1. The molecule has 1 heterocycles. The van der Waals surface area contributed by atoms with Crippen molar-refractivity contribution in [1.29, 1.82) is 5.26 Å². The molecule has 1 aromatic carbocycles. The van der Waals surface area contributed by atoms with E-state index >= 15 is 0 Å². The lowest BCUT2D eigenvalue weighted by Gasteiger charge is -2.19. The zero-order valence-corrected chi connectivity index (χ0v) is 23.1. The van der Waals surface area contributed by atoms with Crippen molar-refractivity contribution in [2.45, 2.75) is 66.5 Å². The van der Waals surface area contributed by atoms with Gasteiger partial charge in [-0.2, -0.15) is 23.6 Å². The number of anilines is 1. The summed E-state index contributed by atoms with van der Waals surface area (Å²) >= 11 is 0. The van der Waals surface area contributed by atoms with E-state index in [-0.39, 0.29) is 10.9 Å². The number of pyridine rings is 1. The third kappa shape index (κ3) is 11.7. The van der Waals surface area contributed by atoms with E-state index in [0.29, 0.717) is 22.6 Å². The van der Waals surface area contributed by atoms with Crippen LogP contribution in [0.2, 0.25) is 0 Å². The fourth-order valence-electron chi connectivity index (χ4n) is 3.64. The molecule has 38 heavy (non-hydrogen) atoms. The average Bonchev–Trinajstić information content (AvgIpc) is 3.41. The van der Waals surface area contributed by atoms with Gasteiger partial charge in [0.05, 0.1) is 24.6 Å². The second kappa shape index (κ2) is 17.8. The first kappa shape index (κ1) is 34.5. The van der Waals surface area contributed by atoms with E-state index in [1.165, 1.54) is 44.0 Å². The van der Waals surface area contributed by atoms with Crippen LogP contribution in [0.15, 0.2) is 36.5 Å². The SMILES string of the molecule is C#C.CC.CC1CCCC1.COc1ccc(/C(C#N)=C(\C)c2ccc(N(O)NCC(F)(F)F)cn2)c(C)c1. The van der Waals surface area contributed by atoms with Crippen LogP contribution in [0.25, 0.3) is 11.1 Å². The van der Waals surface area contributed by atoms with Crippen LogP contribution in [-0.4, -0.2) is 30.0 Å². The van der Waals surface area contributed by atoms with Crippen LogP contribution in [0, 0.1) is 37.0 Å². The topological polar surface area (TPSA) is 81.4 Å². The number of nitrogens with one attached hydrogen (secondary N) is 1. The molecule has 9 heteroatoms. The molecule has 1 fully saturated rings. The lowest BCUT2D eigenvalue weighted by molar-refractivity contribution is -0.128. The van der Waals surface area contributed by atoms with Crippen LogP contribution in [-0.2, 0) is 0 Å².